The highest BCUT2D eigenvalue weighted by atomic mass is 32.2. The molecule has 0 aromatic heterocycles. The van der Waals surface area contributed by atoms with Crippen LogP contribution in [0.25, 0.3) is 0 Å². The molecule has 128 valence electrons. The van der Waals surface area contributed by atoms with Crippen LogP contribution in [0.3, 0.4) is 0 Å². The third kappa shape index (κ3) is 8.67. The van der Waals surface area contributed by atoms with Gasteiger partial charge in [-0.2, -0.15) is 0 Å². The molecule has 0 aliphatic rings. The van der Waals surface area contributed by atoms with Gasteiger partial charge < -0.3 is 16.2 Å². The molecule has 1 unspecified atom stereocenters. The molecule has 0 spiro atoms. The quantitative estimate of drug-likeness (QED) is 0.629. The number of nitrogens with two attached hydrogens (primary N) is 2. The fourth-order valence-electron chi connectivity index (χ4n) is 1.83. The van der Waals surface area contributed by atoms with E-state index < -0.39 is 6.04 Å². The predicted molar refractivity (Wildman–Crippen MR) is 105 cm³/mol. The number of thiocarbonyl (C=S) groups is 1. The highest BCUT2D eigenvalue weighted by Gasteiger charge is 2.13. The summed E-state index contributed by atoms with van der Waals surface area (Å²) in [6.07, 6.45) is 0.521. The van der Waals surface area contributed by atoms with Crippen LogP contribution in [-0.2, 0) is 21.7 Å². The lowest BCUT2D eigenvalue weighted by atomic mass is 10.1. The van der Waals surface area contributed by atoms with Crippen molar-refractivity contribution in [2.45, 2.75) is 18.2 Å². The molecule has 4 nitrogen and oxygen atoms in total. The minimum Gasteiger partial charge on any atom is -0.468 e. The van der Waals surface area contributed by atoms with E-state index in [1.54, 1.807) is 0 Å². The molecule has 2 rings (SSSR count). The van der Waals surface area contributed by atoms with Crippen LogP contribution >= 0.6 is 24.0 Å². The molecule has 0 saturated carbocycles. The zero-order valence-electron chi connectivity index (χ0n) is 13.6. The van der Waals surface area contributed by atoms with E-state index in [1.165, 1.54) is 24.4 Å². The molecule has 4 N–H and O–H groups in total. The largest absolute Gasteiger partial charge is 0.468 e. The molecule has 2 aromatic carbocycles. The van der Waals surface area contributed by atoms with Gasteiger partial charge in [-0.05, 0) is 17.5 Å². The van der Waals surface area contributed by atoms with Crippen LogP contribution in [0.4, 0.5) is 0 Å². The molecule has 0 heterocycles. The summed E-state index contributed by atoms with van der Waals surface area (Å²) >= 11 is 6.23. The SMILES string of the molecule is COC(=O)C(N)Cc1ccccc1.NC(=S)SCc1ccccc1. The summed E-state index contributed by atoms with van der Waals surface area (Å²) in [6, 6.07) is 19.2. The van der Waals surface area contributed by atoms with Crippen LogP contribution in [0.5, 0.6) is 0 Å². The minimum atomic E-state index is -0.563. The number of rotatable bonds is 5. The van der Waals surface area contributed by atoms with Gasteiger partial charge in [-0.15, -0.1) is 0 Å². The summed E-state index contributed by atoms with van der Waals surface area (Å²) in [6.45, 7) is 0. The van der Waals surface area contributed by atoms with E-state index in [-0.39, 0.29) is 5.97 Å². The molecule has 2 aromatic rings. The second-order valence-electron chi connectivity index (χ2n) is 4.91. The fraction of sp³-hybridized carbons (Fsp3) is 0.222. The third-order valence-electron chi connectivity index (χ3n) is 3.03. The Balaban J connectivity index is 0.000000243. The summed E-state index contributed by atoms with van der Waals surface area (Å²) in [5, 5.41) is 0. The normalized spacial score (nSPS) is 10.9. The van der Waals surface area contributed by atoms with Gasteiger partial charge in [0.2, 0.25) is 0 Å². The topological polar surface area (TPSA) is 78.3 Å². The Labute approximate surface area is 152 Å². The fourth-order valence-corrected chi connectivity index (χ4v) is 2.51. The van der Waals surface area contributed by atoms with Gasteiger partial charge in [0, 0.05) is 5.75 Å². The van der Waals surface area contributed by atoms with Crippen molar-refractivity contribution in [2.75, 3.05) is 7.11 Å². The second kappa shape index (κ2) is 11.6. The molecule has 24 heavy (non-hydrogen) atoms. The van der Waals surface area contributed by atoms with Crippen LogP contribution in [-0.4, -0.2) is 23.4 Å². The predicted octanol–water partition coefficient (Wildman–Crippen LogP) is 2.89. The smallest absolute Gasteiger partial charge is 0.322 e. The van der Waals surface area contributed by atoms with E-state index in [4.69, 9.17) is 23.7 Å². The maximum atomic E-state index is 11.0. The summed E-state index contributed by atoms with van der Waals surface area (Å²) in [5.74, 6) is 0.500. The van der Waals surface area contributed by atoms with Crippen molar-refractivity contribution in [1.82, 2.24) is 0 Å². The van der Waals surface area contributed by atoms with E-state index >= 15 is 0 Å². The molecule has 0 radical (unpaired) electrons. The highest BCUT2D eigenvalue weighted by Crippen LogP contribution is 2.10. The monoisotopic (exact) mass is 362 g/mol. The number of ether oxygens (including phenoxy) is 1. The van der Waals surface area contributed by atoms with Crippen LogP contribution in [0, 0.1) is 0 Å². The lowest BCUT2D eigenvalue weighted by Gasteiger charge is -2.08. The van der Waals surface area contributed by atoms with Crippen LogP contribution in [0.15, 0.2) is 60.7 Å². The molecule has 6 heteroatoms. The van der Waals surface area contributed by atoms with Crippen molar-refractivity contribution >= 4 is 34.3 Å². The maximum absolute atomic E-state index is 11.0. The van der Waals surface area contributed by atoms with E-state index in [0.29, 0.717) is 10.7 Å². The zero-order valence-corrected chi connectivity index (χ0v) is 15.2. The Hall–Kier alpha value is -1.89. The van der Waals surface area contributed by atoms with Gasteiger partial charge >= 0.3 is 5.97 Å². The van der Waals surface area contributed by atoms with Gasteiger partial charge in [0.15, 0.2) is 0 Å². The summed E-state index contributed by atoms with van der Waals surface area (Å²) < 4.78 is 5.03. The van der Waals surface area contributed by atoms with E-state index in [1.807, 2.05) is 48.5 Å². The number of benzene rings is 2. The van der Waals surface area contributed by atoms with E-state index in [9.17, 15) is 4.79 Å². The molecule has 1 atom stereocenters. The summed E-state index contributed by atoms with van der Waals surface area (Å²) in [4.78, 5) is 11.0. The molecular weight excluding hydrogens is 340 g/mol. The van der Waals surface area contributed by atoms with Crippen molar-refractivity contribution < 1.29 is 9.53 Å². The van der Waals surface area contributed by atoms with Crippen molar-refractivity contribution in [3.8, 4) is 0 Å². The highest BCUT2D eigenvalue weighted by molar-refractivity contribution is 8.22. The number of hydrogen-bond acceptors (Lipinski definition) is 5. The molecule has 0 aliphatic heterocycles. The van der Waals surface area contributed by atoms with Gasteiger partial charge in [0.25, 0.3) is 0 Å². The number of methoxy groups -OCH3 is 1. The minimum absolute atomic E-state index is 0.371. The Kier molecular flexibility index (Phi) is 9.76. The third-order valence-corrected chi connectivity index (χ3v) is 4.14. The molecule has 0 amide bonds. The van der Waals surface area contributed by atoms with Gasteiger partial charge in [-0.3, -0.25) is 4.79 Å². The van der Waals surface area contributed by atoms with Gasteiger partial charge in [0.05, 0.1) is 7.11 Å². The van der Waals surface area contributed by atoms with Crippen molar-refractivity contribution in [3.63, 3.8) is 0 Å². The first kappa shape index (κ1) is 20.2. The first-order valence-electron chi connectivity index (χ1n) is 7.36. The Morgan fingerprint density at radius 3 is 2.04 bits per heavy atom. The van der Waals surface area contributed by atoms with Crippen molar-refractivity contribution in [2.24, 2.45) is 11.5 Å². The van der Waals surface area contributed by atoms with Gasteiger partial charge in [-0.25, -0.2) is 0 Å². The molecule has 0 fully saturated rings. The lowest BCUT2D eigenvalue weighted by molar-refractivity contribution is -0.142. The molecular formula is C18H22N2O2S2. The first-order chi connectivity index (χ1) is 11.5. The van der Waals surface area contributed by atoms with Gasteiger partial charge in [-0.1, -0.05) is 84.6 Å². The second-order valence-corrected chi connectivity index (χ2v) is 6.63. The number of carbonyl (C=O) groups excluding carboxylic acids is 1. The van der Waals surface area contributed by atoms with Crippen LogP contribution in [0.1, 0.15) is 11.1 Å². The standard InChI is InChI=1S/C10H13NO2.C8H9NS2/c1-13-10(12)9(11)7-8-5-3-2-4-6-8;9-8(10)11-6-7-4-2-1-3-5-7/h2-6,9H,7,11H2,1H3;1-5H,6H2,(H2,9,10). The number of carbonyl (C=O) groups is 1. The summed E-state index contributed by atoms with van der Waals surface area (Å²) in [7, 11) is 1.34. The first-order valence-corrected chi connectivity index (χ1v) is 8.75. The Morgan fingerprint density at radius 1 is 1.08 bits per heavy atom. The average Bonchev–Trinajstić information content (AvgIpc) is 2.61. The van der Waals surface area contributed by atoms with Crippen LogP contribution < -0.4 is 11.5 Å². The number of hydrogen-bond donors (Lipinski definition) is 2. The lowest BCUT2D eigenvalue weighted by Crippen LogP contribution is -2.33. The number of thioether (sulfide) groups is 1. The number of esters is 1. The van der Waals surface area contributed by atoms with Gasteiger partial charge in [0.1, 0.15) is 10.4 Å². The average molecular weight is 363 g/mol. The summed E-state index contributed by atoms with van der Waals surface area (Å²) in [5.41, 5.74) is 13.2. The molecule has 0 bridgehead atoms. The van der Waals surface area contributed by atoms with Crippen LogP contribution in [0.2, 0.25) is 0 Å². The Bertz CT molecular complexity index is 621. The van der Waals surface area contributed by atoms with E-state index in [2.05, 4.69) is 16.9 Å². The zero-order chi connectivity index (χ0) is 17.8. The maximum Gasteiger partial charge on any atom is 0.322 e. The van der Waals surface area contributed by atoms with Crippen molar-refractivity contribution in [1.29, 1.82) is 0 Å². The molecule has 0 saturated heterocycles. The van der Waals surface area contributed by atoms with E-state index in [0.717, 1.165) is 11.3 Å². The molecule has 0 aliphatic carbocycles. The van der Waals surface area contributed by atoms with Crippen molar-refractivity contribution in [3.05, 3.63) is 71.8 Å². The Morgan fingerprint density at radius 2 is 1.58 bits per heavy atom.